The van der Waals surface area contributed by atoms with Crippen LogP contribution in [0.3, 0.4) is 0 Å². The van der Waals surface area contributed by atoms with Crippen LogP contribution in [-0.2, 0) is 11.2 Å². The third kappa shape index (κ3) is 2.35. The summed E-state index contributed by atoms with van der Waals surface area (Å²) in [4.78, 5) is 10.8. The highest BCUT2D eigenvalue weighted by Crippen LogP contribution is 2.45. The molecule has 3 nitrogen and oxygen atoms in total. The van der Waals surface area contributed by atoms with E-state index in [2.05, 4.69) is 6.92 Å². The van der Waals surface area contributed by atoms with Crippen molar-refractivity contribution in [3.63, 3.8) is 0 Å². The zero-order valence-corrected chi connectivity index (χ0v) is 9.39. The van der Waals surface area contributed by atoms with E-state index in [9.17, 15) is 4.79 Å². The van der Waals surface area contributed by atoms with Crippen LogP contribution in [-0.4, -0.2) is 11.1 Å². The largest absolute Gasteiger partial charge is 0.481 e. The number of nitrogen functional groups attached to an aromatic ring is 1. The minimum absolute atomic E-state index is 0.108. The first-order chi connectivity index (χ1) is 7.58. The molecule has 1 aromatic rings. The first-order valence-corrected chi connectivity index (χ1v) is 5.65. The van der Waals surface area contributed by atoms with Crippen LogP contribution in [0, 0.1) is 17.8 Å². The van der Waals surface area contributed by atoms with Gasteiger partial charge in [0.15, 0.2) is 0 Å². The minimum Gasteiger partial charge on any atom is -0.481 e. The number of carboxylic acids is 1. The third-order valence-corrected chi connectivity index (χ3v) is 3.43. The van der Waals surface area contributed by atoms with E-state index in [1.807, 2.05) is 24.3 Å². The van der Waals surface area contributed by atoms with E-state index in [0.29, 0.717) is 11.8 Å². The fraction of sp³-hybridized carbons (Fsp3) is 0.462. The molecule has 86 valence electrons. The predicted molar refractivity (Wildman–Crippen MR) is 63.0 cm³/mol. The molecular weight excluding hydrogens is 202 g/mol. The van der Waals surface area contributed by atoms with Crippen molar-refractivity contribution in [2.24, 2.45) is 17.8 Å². The van der Waals surface area contributed by atoms with Crippen molar-refractivity contribution in [1.29, 1.82) is 0 Å². The fourth-order valence-corrected chi connectivity index (χ4v) is 2.30. The number of carbonyl (C=O) groups is 1. The number of carboxylic acid groups (broad SMARTS) is 1. The van der Waals surface area contributed by atoms with E-state index >= 15 is 0 Å². The van der Waals surface area contributed by atoms with E-state index in [1.165, 1.54) is 5.56 Å². The Morgan fingerprint density at radius 3 is 2.62 bits per heavy atom. The zero-order chi connectivity index (χ0) is 11.7. The molecule has 1 aromatic carbocycles. The van der Waals surface area contributed by atoms with E-state index in [-0.39, 0.29) is 5.92 Å². The van der Waals surface area contributed by atoms with Gasteiger partial charge >= 0.3 is 5.97 Å². The zero-order valence-electron chi connectivity index (χ0n) is 9.39. The van der Waals surface area contributed by atoms with Gasteiger partial charge in [-0.25, -0.2) is 0 Å². The Labute approximate surface area is 95.3 Å². The first kappa shape index (κ1) is 11.0. The molecule has 1 aliphatic carbocycles. The SMILES string of the molecule is CC(Cc1ccc(N)cc1)C1CC1C(=O)O. The van der Waals surface area contributed by atoms with Crippen molar-refractivity contribution in [3.05, 3.63) is 29.8 Å². The Morgan fingerprint density at radius 2 is 2.12 bits per heavy atom. The molecule has 2 rings (SSSR count). The monoisotopic (exact) mass is 219 g/mol. The summed E-state index contributed by atoms with van der Waals surface area (Å²) in [6, 6.07) is 7.82. The lowest BCUT2D eigenvalue weighted by Gasteiger charge is -2.10. The van der Waals surface area contributed by atoms with Crippen LogP contribution < -0.4 is 5.73 Å². The van der Waals surface area contributed by atoms with Crippen LogP contribution in [0.25, 0.3) is 0 Å². The summed E-state index contributed by atoms with van der Waals surface area (Å²) < 4.78 is 0. The Kier molecular flexibility index (Phi) is 2.86. The van der Waals surface area contributed by atoms with Gasteiger partial charge in [-0.3, -0.25) is 4.79 Å². The second-order valence-electron chi connectivity index (χ2n) is 4.77. The molecule has 3 N–H and O–H groups in total. The molecule has 0 spiro atoms. The molecule has 0 aromatic heterocycles. The van der Waals surface area contributed by atoms with Crippen LogP contribution in [0.5, 0.6) is 0 Å². The molecule has 1 saturated carbocycles. The maximum atomic E-state index is 10.8. The number of nitrogens with two attached hydrogens (primary N) is 1. The van der Waals surface area contributed by atoms with Crippen LogP contribution >= 0.6 is 0 Å². The summed E-state index contributed by atoms with van der Waals surface area (Å²) in [7, 11) is 0. The highest BCUT2D eigenvalue weighted by atomic mass is 16.4. The van der Waals surface area contributed by atoms with Gasteiger partial charge in [0, 0.05) is 5.69 Å². The summed E-state index contributed by atoms with van der Waals surface area (Å²) in [5, 5.41) is 8.86. The molecule has 3 atom stereocenters. The number of hydrogen-bond donors (Lipinski definition) is 2. The molecule has 3 heteroatoms. The lowest BCUT2D eigenvalue weighted by atomic mass is 9.95. The van der Waals surface area contributed by atoms with E-state index in [1.54, 1.807) is 0 Å². The summed E-state index contributed by atoms with van der Waals surface area (Å²) in [6.07, 6.45) is 1.78. The number of benzene rings is 1. The average molecular weight is 219 g/mol. The highest BCUT2D eigenvalue weighted by Gasteiger charge is 2.45. The summed E-state index contributed by atoms with van der Waals surface area (Å²) in [5.74, 6) is 0.0396. The first-order valence-electron chi connectivity index (χ1n) is 5.65. The Morgan fingerprint density at radius 1 is 1.50 bits per heavy atom. The molecule has 0 saturated heterocycles. The lowest BCUT2D eigenvalue weighted by Crippen LogP contribution is -2.08. The maximum absolute atomic E-state index is 10.8. The van der Waals surface area contributed by atoms with Gasteiger partial charge in [0.25, 0.3) is 0 Å². The van der Waals surface area contributed by atoms with E-state index in [0.717, 1.165) is 18.5 Å². The number of anilines is 1. The molecule has 0 bridgehead atoms. The predicted octanol–water partition coefficient (Wildman–Crippen LogP) is 2.17. The molecular formula is C13H17NO2. The van der Waals surface area contributed by atoms with Crippen LogP contribution in [0.15, 0.2) is 24.3 Å². The molecule has 1 fully saturated rings. The van der Waals surface area contributed by atoms with Crippen molar-refractivity contribution in [2.75, 3.05) is 5.73 Å². The van der Waals surface area contributed by atoms with Crippen LogP contribution in [0.4, 0.5) is 5.69 Å². The number of rotatable bonds is 4. The van der Waals surface area contributed by atoms with Crippen molar-refractivity contribution >= 4 is 11.7 Å². The fourth-order valence-electron chi connectivity index (χ4n) is 2.30. The van der Waals surface area contributed by atoms with Gasteiger partial charge in [-0.05, 0) is 42.4 Å². The second-order valence-corrected chi connectivity index (χ2v) is 4.77. The summed E-state index contributed by atoms with van der Waals surface area (Å²) in [6.45, 7) is 2.13. The highest BCUT2D eigenvalue weighted by molar-refractivity contribution is 5.73. The number of aliphatic carboxylic acids is 1. The van der Waals surface area contributed by atoms with Gasteiger partial charge in [0.2, 0.25) is 0 Å². The van der Waals surface area contributed by atoms with Crippen molar-refractivity contribution in [3.8, 4) is 0 Å². The quantitative estimate of drug-likeness (QED) is 0.763. The third-order valence-electron chi connectivity index (χ3n) is 3.43. The normalized spacial score (nSPS) is 25.1. The van der Waals surface area contributed by atoms with Crippen LogP contribution in [0.1, 0.15) is 18.9 Å². The van der Waals surface area contributed by atoms with Crippen LogP contribution in [0.2, 0.25) is 0 Å². The molecule has 0 amide bonds. The molecule has 0 aliphatic heterocycles. The molecule has 3 unspecified atom stereocenters. The standard InChI is InChI=1S/C13H17NO2/c1-8(11-7-12(11)13(15)16)6-9-2-4-10(14)5-3-9/h2-5,8,11-12H,6-7,14H2,1H3,(H,15,16). The van der Waals surface area contributed by atoms with Crippen molar-refractivity contribution in [1.82, 2.24) is 0 Å². The maximum Gasteiger partial charge on any atom is 0.306 e. The summed E-state index contributed by atoms with van der Waals surface area (Å²) >= 11 is 0. The molecule has 0 heterocycles. The molecule has 1 aliphatic rings. The van der Waals surface area contributed by atoms with Gasteiger partial charge < -0.3 is 10.8 Å². The van der Waals surface area contributed by atoms with Gasteiger partial charge in [-0.15, -0.1) is 0 Å². The van der Waals surface area contributed by atoms with Crippen molar-refractivity contribution < 1.29 is 9.90 Å². The molecule has 16 heavy (non-hydrogen) atoms. The molecule has 0 radical (unpaired) electrons. The Bertz CT molecular complexity index is 385. The van der Waals surface area contributed by atoms with Gasteiger partial charge in [0.05, 0.1) is 5.92 Å². The Hall–Kier alpha value is -1.51. The van der Waals surface area contributed by atoms with E-state index in [4.69, 9.17) is 10.8 Å². The second kappa shape index (κ2) is 4.16. The smallest absolute Gasteiger partial charge is 0.306 e. The lowest BCUT2D eigenvalue weighted by molar-refractivity contribution is -0.139. The van der Waals surface area contributed by atoms with Crippen molar-refractivity contribution in [2.45, 2.75) is 19.8 Å². The summed E-state index contributed by atoms with van der Waals surface area (Å²) in [5.41, 5.74) is 7.62. The van der Waals surface area contributed by atoms with Gasteiger partial charge in [-0.2, -0.15) is 0 Å². The number of hydrogen-bond acceptors (Lipinski definition) is 2. The minimum atomic E-state index is -0.644. The van der Waals surface area contributed by atoms with Gasteiger partial charge in [-0.1, -0.05) is 19.1 Å². The van der Waals surface area contributed by atoms with Gasteiger partial charge in [0.1, 0.15) is 0 Å². The van der Waals surface area contributed by atoms with E-state index < -0.39 is 5.97 Å². The Balaban J connectivity index is 1.91. The topological polar surface area (TPSA) is 63.3 Å². The average Bonchev–Trinajstić information content (AvgIpc) is 3.01.